The molecule has 0 radical (unpaired) electrons. The number of unbranched alkanes of at least 4 members (excludes halogenated alkanes) is 1. The van der Waals surface area contributed by atoms with Crippen molar-refractivity contribution < 1.29 is 29.4 Å². The van der Waals surface area contributed by atoms with Gasteiger partial charge in [0.05, 0.1) is 5.39 Å². The number of nitrogens with one attached hydrogen (secondary N) is 3. The van der Waals surface area contributed by atoms with Crippen LogP contribution in [0.15, 0.2) is 17.1 Å². The summed E-state index contributed by atoms with van der Waals surface area (Å²) in [6.45, 7) is 5.19. The molecule has 0 aliphatic rings. The van der Waals surface area contributed by atoms with Gasteiger partial charge in [0.2, 0.25) is 17.8 Å². The number of carboxylic acids is 2. The summed E-state index contributed by atoms with van der Waals surface area (Å²) in [6.07, 6.45) is 1.56. The van der Waals surface area contributed by atoms with Gasteiger partial charge in [-0.2, -0.15) is 4.98 Å². The van der Waals surface area contributed by atoms with E-state index in [2.05, 4.69) is 37.4 Å². The predicted octanol–water partition coefficient (Wildman–Crippen LogP) is 1.26. The molecule has 186 valence electrons. The molecular weight excluding hydrogens is 458 g/mol. The summed E-state index contributed by atoms with van der Waals surface area (Å²) in [5.41, 5.74) is -0.543. The summed E-state index contributed by atoms with van der Waals surface area (Å²) >= 11 is 0. The Labute approximate surface area is 200 Å². The van der Waals surface area contributed by atoms with Crippen LogP contribution in [0, 0.1) is 17.3 Å². The number of hydrogen-bond acceptors (Lipinski definition) is 7. The molecule has 1 atom stereocenters. The maximum atomic E-state index is 12.4. The molecule has 0 aliphatic heterocycles. The van der Waals surface area contributed by atoms with Crippen LogP contribution >= 0.6 is 0 Å². The molecule has 0 unspecified atom stereocenters. The minimum Gasteiger partial charge on any atom is -0.481 e. The molecule has 0 aliphatic carbocycles. The molecule has 0 bridgehead atoms. The summed E-state index contributed by atoms with van der Waals surface area (Å²) in [5.74, 6) is 2.44. The molecule has 2 aromatic rings. The molecule has 5 N–H and O–H groups in total. The van der Waals surface area contributed by atoms with Crippen molar-refractivity contribution in [1.29, 1.82) is 0 Å². The zero-order chi connectivity index (χ0) is 26.2. The van der Waals surface area contributed by atoms with Crippen molar-refractivity contribution in [2.24, 2.45) is 5.41 Å². The van der Waals surface area contributed by atoms with Gasteiger partial charge in [0.1, 0.15) is 6.04 Å². The smallest absolute Gasteiger partial charge is 0.326 e. The second-order valence-electron chi connectivity index (χ2n) is 8.76. The van der Waals surface area contributed by atoms with Crippen LogP contribution in [0.4, 0.5) is 5.95 Å². The topological polar surface area (TPSA) is 191 Å². The van der Waals surface area contributed by atoms with Gasteiger partial charge in [-0.3, -0.25) is 29.5 Å². The van der Waals surface area contributed by atoms with E-state index in [-0.39, 0.29) is 42.2 Å². The number of carboxylic acid groups (broad SMARTS) is 2. The van der Waals surface area contributed by atoms with Crippen molar-refractivity contribution in [3.8, 4) is 11.8 Å². The van der Waals surface area contributed by atoms with Crippen molar-refractivity contribution in [2.75, 3.05) is 5.32 Å². The normalized spacial score (nSPS) is 11.7. The molecule has 35 heavy (non-hydrogen) atoms. The number of fused-ring (bicyclic) bond motifs is 1. The summed E-state index contributed by atoms with van der Waals surface area (Å²) in [6, 6.07) is 0.255. The lowest BCUT2D eigenvalue weighted by atomic mass is 9.96. The Morgan fingerprint density at radius 3 is 2.51 bits per heavy atom. The number of carbonyl (C=O) groups excluding carboxylic acids is 2. The minimum absolute atomic E-state index is 0.000123. The number of hydrogen-bond donors (Lipinski definition) is 5. The first kappa shape index (κ1) is 27.0. The Balaban J connectivity index is 1.95. The largest absolute Gasteiger partial charge is 0.481 e. The number of H-pyrrole nitrogens is 1. The van der Waals surface area contributed by atoms with Crippen LogP contribution in [-0.2, 0) is 19.2 Å². The first-order chi connectivity index (χ1) is 16.4. The second-order valence-corrected chi connectivity index (χ2v) is 8.76. The van der Waals surface area contributed by atoms with Gasteiger partial charge in [0.15, 0.2) is 5.65 Å². The average molecular weight is 485 g/mol. The Morgan fingerprint density at radius 2 is 1.89 bits per heavy atom. The maximum absolute atomic E-state index is 12.4. The van der Waals surface area contributed by atoms with E-state index in [1.54, 1.807) is 20.8 Å². The third kappa shape index (κ3) is 8.54. The fraction of sp³-hybridized carbons (Fsp3) is 0.435. The highest BCUT2D eigenvalue weighted by Crippen LogP contribution is 2.16. The molecule has 0 spiro atoms. The Bertz CT molecular complexity index is 1250. The summed E-state index contributed by atoms with van der Waals surface area (Å²) < 4.78 is 0. The van der Waals surface area contributed by atoms with Crippen molar-refractivity contribution in [1.82, 2.24) is 20.3 Å². The van der Waals surface area contributed by atoms with Crippen LogP contribution < -0.4 is 16.2 Å². The lowest BCUT2D eigenvalue weighted by molar-refractivity contribution is -0.143. The highest BCUT2D eigenvalue weighted by Gasteiger charge is 2.22. The highest BCUT2D eigenvalue weighted by molar-refractivity contribution is 5.93. The fourth-order valence-electron chi connectivity index (χ4n) is 2.74. The third-order valence-electron chi connectivity index (χ3n) is 4.69. The SMILES string of the molecule is CC(C)(C)C(=O)Nc1nc2ncc(C#CCCCC(=O)N[C@H](CCC(=O)O)C(=O)O)cc2c(=O)[nH]1. The predicted molar refractivity (Wildman–Crippen MR) is 125 cm³/mol. The lowest BCUT2D eigenvalue weighted by Gasteiger charge is -2.16. The van der Waals surface area contributed by atoms with Crippen LogP contribution in [0.3, 0.4) is 0 Å². The molecule has 2 amide bonds. The molecular formula is C23H27N5O7. The van der Waals surface area contributed by atoms with E-state index < -0.39 is 34.9 Å². The number of carbonyl (C=O) groups is 4. The molecule has 0 saturated heterocycles. The van der Waals surface area contributed by atoms with Crippen molar-refractivity contribution in [3.63, 3.8) is 0 Å². The summed E-state index contributed by atoms with van der Waals surface area (Å²) in [5, 5.41) is 22.8. The van der Waals surface area contributed by atoms with Gasteiger partial charge in [-0.1, -0.05) is 32.6 Å². The molecule has 2 aromatic heterocycles. The van der Waals surface area contributed by atoms with Gasteiger partial charge in [0.25, 0.3) is 5.56 Å². The van der Waals surface area contributed by atoms with E-state index in [1.807, 2.05) is 0 Å². The Hall–Kier alpha value is -4.27. The van der Waals surface area contributed by atoms with Gasteiger partial charge in [-0.05, 0) is 18.9 Å². The second kappa shape index (κ2) is 11.7. The van der Waals surface area contributed by atoms with Crippen LogP contribution in [0.1, 0.15) is 58.4 Å². The summed E-state index contributed by atoms with van der Waals surface area (Å²) in [7, 11) is 0. The Kier molecular flexibility index (Phi) is 9.04. The molecule has 0 fully saturated rings. The van der Waals surface area contributed by atoms with E-state index in [0.717, 1.165) is 0 Å². The molecule has 2 rings (SSSR count). The van der Waals surface area contributed by atoms with Gasteiger partial charge in [-0.25, -0.2) is 9.78 Å². The van der Waals surface area contributed by atoms with E-state index in [4.69, 9.17) is 10.2 Å². The molecule has 2 heterocycles. The molecule has 12 heteroatoms. The zero-order valence-corrected chi connectivity index (χ0v) is 19.6. The van der Waals surface area contributed by atoms with Gasteiger partial charge < -0.3 is 15.5 Å². The Morgan fingerprint density at radius 1 is 1.17 bits per heavy atom. The van der Waals surface area contributed by atoms with E-state index >= 15 is 0 Å². The molecule has 0 aromatic carbocycles. The van der Waals surface area contributed by atoms with E-state index in [1.165, 1.54) is 12.3 Å². The number of aromatic amines is 1. The maximum Gasteiger partial charge on any atom is 0.326 e. The monoisotopic (exact) mass is 485 g/mol. The lowest BCUT2D eigenvalue weighted by Crippen LogP contribution is -2.41. The summed E-state index contributed by atoms with van der Waals surface area (Å²) in [4.78, 5) is 68.9. The quantitative estimate of drug-likeness (QED) is 0.257. The standard InChI is InChI=1S/C23H27N5O7/c1-23(2,3)21(35)28-22-26-18-14(19(32)27-22)11-13(12-24-18)7-5-4-6-8-16(29)25-15(20(33)34)9-10-17(30)31/h11-12,15H,4,6,8-10H2,1-3H3,(H,25,29)(H,30,31)(H,33,34)(H2,24,26,27,28,32,35)/t15-/m1/s1. The van der Waals surface area contributed by atoms with E-state index in [0.29, 0.717) is 18.4 Å². The highest BCUT2D eigenvalue weighted by atomic mass is 16.4. The number of pyridine rings is 1. The first-order valence-corrected chi connectivity index (χ1v) is 10.8. The van der Waals surface area contributed by atoms with Crippen molar-refractivity contribution in [3.05, 3.63) is 28.2 Å². The van der Waals surface area contributed by atoms with Crippen LogP contribution in [0.25, 0.3) is 11.0 Å². The van der Waals surface area contributed by atoms with Crippen LogP contribution in [0.2, 0.25) is 0 Å². The third-order valence-corrected chi connectivity index (χ3v) is 4.69. The van der Waals surface area contributed by atoms with Gasteiger partial charge in [-0.15, -0.1) is 0 Å². The van der Waals surface area contributed by atoms with Crippen molar-refractivity contribution in [2.45, 2.75) is 58.9 Å². The average Bonchev–Trinajstić information content (AvgIpc) is 2.75. The number of amides is 2. The van der Waals surface area contributed by atoms with E-state index in [9.17, 15) is 24.0 Å². The first-order valence-electron chi connectivity index (χ1n) is 10.8. The molecule has 12 nitrogen and oxygen atoms in total. The van der Waals surface area contributed by atoms with Gasteiger partial charge >= 0.3 is 11.9 Å². The number of anilines is 1. The van der Waals surface area contributed by atoms with Crippen LogP contribution in [-0.4, -0.2) is 55.0 Å². The number of rotatable bonds is 9. The zero-order valence-electron chi connectivity index (χ0n) is 19.6. The number of nitrogens with zero attached hydrogens (tertiary/aromatic N) is 2. The van der Waals surface area contributed by atoms with Gasteiger partial charge in [0, 0.05) is 36.4 Å². The van der Waals surface area contributed by atoms with Crippen LogP contribution in [0.5, 0.6) is 0 Å². The minimum atomic E-state index is -1.30. The number of aromatic nitrogens is 3. The van der Waals surface area contributed by atoms with Crippen molar-refractivity contribution >= 4 is 40.7 Å². The number of aliphatic carboxylic acids is 2. The molecule has 0 saturated carbocycles. The fourth-order valence-corrected chi connectivity index (χ4v) is 2.74.